The summed E-state index contributed by atoms with van der Waals surface area (Å²) in [5.74, 6) is 1.40. The second kappa shape index (κ2) is 3.54. The van der Waals surface area contributed by atoms with E-state index >= 15 is 0 Å². The first kappa shape index (κ1) is 8.81. The van der Waals surface area contributed by atoms with Crippen LogP contribution in [0.4, 0.5) is 4.79 Å². The van der Waals surface area contributed by atoms with Gasteiger partial charge in [-0.15, -0.1) is 0 Å². The zero-order valence-corrected chi connectivity index (χ0v) is 7.97. The van der Waals surface area contributed by atoms with Gasteiger partial charge in [-0.05, 0) is 18.3 Å². The Balaban J connectivity index is 1.65. The molecule has 0 bridgehead atoms. The molecule has 13 heavy (non-hydrogen) atoms. The number of hydrogen-bond donors (Lipinski definition) is 3. The molecule has 0 spiro atoms. The molecule has 1 saturated carbocycles. The van der Waals surface area contributed by atoms with E-state index in [0.717, 1.165) is 26.1 Å². The van der Waals surface area contributed by atoms with Crippen LogP contribution >= 0.6 is 0 Å². The maximum atomic E-state index is 11.2. The standard InChI is InChI=1S/C9H17N3O/c1-2-3-11-9(13)12-8-6-4-10-5-7(6)8/h6-8,10H,2-5H2,1H3,(H2,11,12,13). The summed E-state index contributed by atoms with van der Waals surface area (Å²) < 4.78 is 0. The van der Waals surface area contributed by atoms with Crippen molar-refractivity contribution >= 4 is 6.03 Å². The predicted molar refractivity (Wildman–Crippen MR) is 50.5 cm³/mol. The van der Waals surface area contributed by atoms with Gasteiger partial charge in [0.15, 0.2) is 0 Å². The quantitative estimate of drug-likeness (QED) is 0.573. The van der Waals surface area contributed by atoms with E-state index in [1.807, 2.05) is 0 Å². The highest BCUT2D eigenvalue weighted by molar-refractivity contribution is 5.74. The minimum atomic E-state index is 0.00116. The number of carbonyl (C=O) groups is 1. The zero-order valence-electron chi connectivity index (χ0n) is 7.97. The summed E-state index contributed by atoms with van der Waals surface area (Å²) >= 11 is 0. The van der Waals surface area contributed by atoms with Crippen LogP contribution in [0.15, 0.2) is 0 Å². The molecule has 1 heterocycles. The van der Waals surface area contributed by atoms with Crippen molar-refractivity contribution in [1.29, 1.82) is 0 Å². The van der Waals surface area contributed by atoms with Crippen LogP contribution in [-0.2, 0) is 0 Å². The van der Waals surface area contributed by atoms with Gasteiger partial charge >= 0.3 is 6.03 Å². The lowest BCUT2D eigenvalue weighted by Crippen LogP contribution is -2.40. The highest BCUT2D eigenvalue weighted by Crippen LogP contribution is 2.41. The largest absolute Gasteiger partial charge is 0.338 e. The first-order valence-electron chi connectivity index (χ1n) is 5.08. The molecule has 2 rings (SSSR count). The molecular weight excluding hydrogens is 166 g/mol. The van der Waals surface area contributed by atoms with E-state index in [-0.39, 0.29) is 6.03 Å². The minimum Gasteiger partial charge on any atom is -0.338 e. The molecule has 4 heteroatoms. The Hall–Kier alpha value is -0.770. The van der Waals surface area contributed by atoms with E-state index in [4.69, 9.17) is 0 Å². The minimum absolute atomic E-state index is 0.00116. The third-order valence-corrected chi connectivity index (χ3v) is 2.92. The predicted octanol–water partition coefficient (Wildman–Crippen LogP) is -0.0866. The van der Waals surface area contributed by atoms with Crippen LogP contribution in [0.1, 0.15) is 13.3 Å². The summed E-state index contributed by atoms with van der Waals surface area (Å²) in [5.41, 5.74) is 0. The van der Waals surface area contributed by atoms with E-state index in [9.17, 15) is 4.79 Å². The molecule has 2 aliphatic rings. The molecule has 0 aromatic carbocycles. The van der Waals surface area contributed by atoms with Gasteiger partial charge < -0.3 is 16.0 Å². The maximum Gasteiger partial charge on any atom is 0.315 e. The molecule has 2 amide bonds. The van der Waals surface area contributed by atoms with Gasteiger partial charge in [0.05, 0.1) is 0 Å². The third-order valence-electron chi connectivity index (χ3n) is 2.92. The van der Waals surface area contributed by atoms with Gasteiger partial charge in [0, 0.05) is 25.7 Å². The molecule has 2 atom stereocenters. The van der Waals surface area contributed by atoms with Crippen molar-refractivity contribution in [2.45, 2.75) is 19.4 Å². The topological polar surface area (TPSA) is 53.2 Å². The second-order valence-electron chi connectivity index (χ2n) is 3.91. The number of hydrogen-bond acceptors (Lipinski definition) is 2. The van der Waals surface area contributed by atoms with Crippen LogP contribution in [0.25, 0.3) is 0 Å². The molecule has 2 unspecified atom stereocenters. The number of fused-ring (bicyclic) bond motifs is 1. The molecule has 1 aliphatic heterocycles. The Morgan fingerprint density at radius 1 is 1.46 bits per heavy atom. The molecule has 1 saturated heterocycles. The van der Waals surface area contributed by atoms with Gasteiger partial charge in [-0.1, -0.05) is 6.92 Å². The van der Waals surface area contributed by atoms with Crippen LogP contribution in [0, 0.1) is 11.8 Å². The summed E-state index contributed by atoms with van der Waals surface area (Å²) in [6, 6.07) is 0.444. The summed E-state index contributed by atoms with van der Waals surface area (Å²) in [7, 11) is 0. The molecule has 74 valence electrons. The van der Waals surface area contributed by atoms with Crippen LogP contribution < -0.4 is 16.0 Å². The number of urea groups is 1. The number of amides is 2. The third kappa shape index (κ3) is 1.77. The lowest BCUT2D eigenvalue weighted by atomic mass is 10.4. The van der Waals surface area contributed by atoms with Crippen molar-refractivity contribution in [3.05, 3.63) is 0 Å². The van der Waals surface area contributed by atoms with Gasteiger partial charge in [-0.3, -0.25) is 0 Å². The number of nitrogens with one attached hydrogen (secondary N) is 3. The Morgan fingerprint density at radius 2 is 2.15 bits per heavy atom. The van der Waals surface area contributed by atoms with E-state index < -0.39 is 0 Å². The molecule has 2 fully saturated rings. The number of piperidine rings is 1. The first-order chi connectivity index (χ1) is 6.33. The van der Waals surface area contributed by atoms with Crippen LogP contribution in [0.2, 0.25) is 0 Å². The van der Waals surface area contributed by atoms with Crippen LogP contribution in [-0.4, -0.2) is 31.7 Å². The Kier molecular flexibility index (Phi) is 2.40. The molecule has 0 aromatic rings. The van der Waals surface area contributed by atoms with Crippen LogP contribution in [0.5, 0.6) is 0 Å². The van der Waals surface area contributed by atoms with Crippen molar-refractivity contribution in [3.8, 4) is 0 Å². The molecule has 1 aliphatic carbocycles. The fourth-order valence-electron chi connectivity index (χ4n) is 2.07. The van der Waals surface area contributed by atoms with E-state index in [1.54, 1.807) is 0 Å². The number of carbonyl (C=O) groups excluding carboxylic acids is 1. The monoisotopic (exact) mass is 183 g/mol. The average Bonchev–Trinajstić information content (AvgIpc) is 2.63. The molecule has 4 nitrogen and oxygen atoms in total. The molecule has 0 radical (unpaired) electrons. The van der Waals surface area contributed by atoms with Crippen molar-refractivity contribution in [3.63, 3.8) is 0 Å². The lowest BCUT2D eigenvalue weighted by molar-refractivity contribution is 0.239. The Bertz CT molecular complexity index is 197. The van der Waals surface area contributed by atoms with E-state index in [0.29, 0.717) is 17.9 Å². The fraction of sp³-hybridized carbons (Fsp3) is 0.889. The molecule has 0 aromatic heterocycles. The van der Waals surface area contributed by atoms with Crippen molar-refractivity contribution in [1.82, 2.24) is 16.0 Å². The molecular formula is C9H17N3O. The molecule has 3 N–H and O–H groups in total. The second-order valence-corrected chi connectivity index (χ2v) is 3.91. The first-order valence-corrected chi connectivity index (χ1v) is 5.08. The highest BCUT2D eigenvalue weighted by Gasteiger charge is 2.53. The van der Waals surface area contributed by atoms with Gasteiger partial charge in [0.2, 0.25) is 0 Å². The normalized spacial score (nSPS) is 35.3. The Morgan fingerprint density at radius 3 is 2.77 bits per heavy atom. The SMILES string of the molecule is CCCNC(=O)NC1C2CNCC21. The average molecular weight is 183 g/mol. The van der Waals surface area contributed by atoms with Gasteiger partial charge in [-0.25, -0.2) is 4.79 Å². The lowest BCUT2D eigenvalue weighted by Gasteiger charge is -2.08. The number of rotatable bonds is 3. The van der Waals surface area contributed by atoms with Crippen molar-refractivity contribution in [2.24, 2.45) is 11.8 Å². The smallest absolute Gasteiger partial charge is 0.315 e. The maximum absolute atomic E-state index is 11.2. The van der Waals surface area contributed by atoms with Gasteiger partial charge in [0.1, 0.15) is 0 Å². The van der Waals surface area contributed by atoms with Crippen molar-refractivity contribution < 1.29 is 4.79 Å². The van der Waals surface area contributed by atoms with Crippen LogP contribution in [0.3, 0.4) is 0 Å². The highest BCUT2D eigenvalue weighted by atomic mass is 16.2. The summed E-state index contributed by atoms with van der Waals surface area (Å²) in [6.07, 6.45) is 0.993. The van der Waals surface area contributed by atoms with Crippen molar-refractivity contribution in [2.75, 3.05) is 19.6 Å². The zero-order chi connectivity index (χ0) is 9.26. The van der Waals surface area contributed by atoms with E-state index in [2.05, 4.69) is 22.9 Å². The van der Waals surface area contributed by atoms with Gasteiger partial charge in [-0.2, -0.15) is 0 Å². The summed E-state index contributed by atoms with van der Waals surface area (Å²) in [6.45, 7) is 4.97. The Labute approximate surface area is 78.5 Å². The van der Waals surface area contributed by atoms with Gasteiger partial charge in [0.25, 0.3) is 0 Å². The fourth-order valence-corrected chi connectivity index (χ4v) is 2.07. The van der Waals surface area contributed by atoms with E-state index in [1.165, 1.54) is 0 Å². The summed E-state index contributed by atoms with van der Waals surface area (Å²) in [5, 5.41) is 9.12. The summed E-state index contributed by atoms with van der Waals surface area (Å²) in [4.78, 5) is 11.2.